The average molecular weight is 223 g/mol. The molecule has 88 valence electrons. The lowest BCUT2D eigenvalue weighted by Crippen LogP contribution is -2.53. The van der Waals surface area contributed by atoms with Gasteiger partial charge in [-0.15, -0.1) is 0 Å². The molecule has 4 nitrogen and oxygen atoms in total. The molecular weight excluding hydrogens is 206 g/mol. The van der Waals surface area contributed by atoms with Gasteiger partial charge in [-0.2, -0.15) is 0 Å². The topological polar surface area (TPSA) is 64.7 Å². The number of ether oxygens (including phenoxy) is 2. The predicted octanol–water partition coefficient (Wildman–Crippen LogP) is 1.23. The van der Waals surface area contributed by atoms with Gasteiger partial charge in [0.2, 0.25) is 0 Å². The summed E-state index contributed by atoms with van der Waals surface area (Å²) in [5.74, 6) is 1.34. The fourth-order valence-corrected chi connectivity index (χ4v) is 1.90. The minimum Gasteiger partial charge on any atom is -0.497 e. The average Bonchev–Trinajstić information content (AvgIpc) is 2.25. The van der Waals surface area contributed by atoms with Gasteiger partial charge < -0.3 is 20.3 Å². The molecule has 1 aliphatic rings. The zero-order valence-corrected chi connectivity index (χ0v) is 9.73. The van der Waals surface area contributed by atoms with Crippen LogP contribution in [0, 0.1) is 0 Å². The molecule has 0 aromatic heterocycles. The first-order chi connectivity index (χ1) is 7.45. The zero-order valence-electron chi connectivity index (χ0n) is 9.73. The zero-order chi connectivity index (χ0) is 11.9. The highest BCUT2D eigenvalue weighted by Crippen LogP contribution is 2.40. The number of hydrogen-bond acceptors (Lipinski definition) is 4. The highest BCUT2D eigenvalue weighted by molar-refractivity contribution is 5.44. The second kappa shape index (κ2) is 3.64. The van der Waals surface area contributed by atoms with E-state index in [0.717, 1.165) is 0 Å². The highest BCUT2D eigenvalue weighted by Gasteiger charge is 2.40. The number of fused-ring (bicyclic) bond motifs is 1. The van der Waals surface area contributed by atoms with Gasteiger partial charge in [-0.1, -0.05) is 0 Å². The Morgan fingerprint density at radius 2 is 2.12 bits per heavy atom. The number of aliphatic hydroxyl groups is 1. The SMILES string of the molecule is COc1ccc2c(c1)OC(C)(C)C(N)C2O. The van der Waals surface area contributed by atoms with Crippen LogP contribution in [0.2, 0.25) is 0 Å². The second-order valence-electron chi connectivity index (χ2n) is 4.58. The molecule has 1 aliphatic heterocycles. The van der Waals surface area contributed by atoms with E-state index >= 15 is 0 Å². The maximum Gasteiger partial charge on any atom is 0.129 e. The third-order valence-electron chi connectivity index (χ3n) is 3.06. The van der Waals surface area contributed by atoms with Crippen LogP contribution in [0.3, 0.4) is 0 Å². The van der Waals surface area contributed by atoms with Gasteiger partial charge in [0.15, 0.2) is 0 Å². The number of aliphatic hydroxyl groups excluding tert-OH is 1. The van der Waals surface area contributed by atoms with Gasteiger partial charge >= 0.3 is 0 Å². The van der Waals surface area contributed by atoms with E-state index in [2.05, 4.69) is 0 Å². The van der Waals surface area contributed by atoms with Gasteiger partial charge in [-0.25, -0.2) is 0 Å². The third kappa shape index (κ3) is 1.64. The molecule has 4 heteroatoms. The van der Waals surface area contributed by atoms with Crippen LogP contribution in [0.1, 0.15) is 25.5 Å². The maximum absolute atomic E-state index is 10.1. The lowest BCUT2D eigenvalue weighted by Gasteiger charge is -2.40. The smallest absolute Gasteiger partial charge is 0.129 e. The van der Waals surface area contributed by atoms with Crippen LogP contribution in [0.15, 0.2) is 18.2 Å². The monoisotopic (exact) mass is 223 g/mol. The predicted molar refractivity (Wildman–Crippen MR) is 60.6 cm³/mol. The third-order valence-corrected chi connectivity index (χ3v) is 3.06. The van der Waals surface area contributed by atoms with Gasteiger partial charge in [-0.3, -0.25) is 0 Å². The summed E-state index contributed by atoms with van der Waals surface area (Å²) >= 11 is 0. The summed E-state index contributed by atoms with van der Waals surface area (Å²) in [4.78, 5) is 0. The molecule has 1 heterocycles. The van der Waals surface area contributed by atoms with Crippen LogP contribution in [0.5, 0.6) is 11.5 Å². The first kappa shape index (κ1) is 11.2. The van der Waals surface area contributed by atoms with Crippen molar-refractivity contribution in [1.29, 1.82) is 0 Å². The Balaban J connectivity index is 2.46. The van der Waals surface area contributed by atoms with Crippen molar-refractivity contribution in [1.82, 2.24) is 0 Å². The Hall–Kier alpha value is -1.26. The molecular formula is C12H17NO3. The first-order valence-electron chi connectivity index (χ1n) is 5.26. The van der Waals surface area contributed by atoms with Crippen molar-refractivity contribution in [3.8, 4) is 11.5 Å². The molecule has 3 N–H and O–H groups in total. The summed E-state index contributed by atoms with van der Waals surface area (Å²) in [5.41, 5.74) is 6.07. The largest absolute Gasteiger partial charge is 0.497 e. The van der Waals surface area contributed by atoms with Gasteiger partial charge in [0.25, 0.3) is 0 Å². The molecule has 0 saturated carbocycles. The molecule has 2 atom stereocenters. The molecule has 0 bridgehead atoms. The normalized spacial score (nSPS) is 26.8. The molecule has 0 fully saturated rings. The Morgan fingerprint density at radius 1 is 1.44 bits per heavy atom. The van der Waals surface area contributed by atoms with E-state index in [0.29, 0.717) is 17.1 Å². The molecule has 0 amide bonds. The number of methoxy groups -OCH3 is 1. The van der Waals surface area contributed by atoms with Crippen LogP contribution in [-0.4, -0.2) is 23.9 Å². The Bertz CT molecular complexity index is 403. The molecule has 2 unspecified atom stereocenters. The molecule has 0 radical (unpaired) electrons. The van der Waals surface area contributed by atoms with Crippen molar-refractivity contribution in [3.63, 3.8) is 0 Å². The number of nitrogens with two attached hydrogens (primary N) is 1. The Morgan fingerprint density at radius 3 is 2.75 bits per heavy atom. The van der Waals surface area contributed by atoms with Crippen LogP contribution >= 0.6 is 0 Å². The van der Waals surface area contributed by atoms with Gasteiger partial charge in [0, 0.05) is 11.6 Å². The summed E-state index contributed by atoms with van der Waals surface area (Å²) in [6.45, 7) is 3.73. The lowest BCUT2D eigenvalue weighted by atomic mass is 9.87. The lowest BCUT2D eigenvalue weighted by molar-refractivity contribution is -0.0118. The number of hydrogen-bond donors (Lipinski definition) is 2. The summed E-state index contributed by atoms with van der Waals surface area (Å²) in [6, 6.07) is 4.91. The Labute approximate surface area is 95.0 Å². The molecule has 0 aliphatic carbocycles. The molecule has 1 aromatic rings. The molecule has 0 saturated heterocycles. The minimum absolute atomic E-state index is 0.437. The van der Waals surface area contributed by atoms with Crippen molar-refractivity contribution in [2.75, 3.05) is 7.11 Å². The fraction of sp³-hybridized carbons (Fsp3) is 0.500. The van der Waals surface area contributed by atoms with E-state index in [1.165, 1.54) is 0 Å². The summed E-state index contributed by atoms with van der Waals surface area (Å²) in [6.07, 6.45) is -0.704. The van der Waals surface area contributed by atoms with Crippen molar-refractivity contribution < 1.29 is 14.6 Å². The molecule has 1 aromatic carbocycles. The number of benzene rings is 1. The quantitative estimate of drug-likeness (QED) is 0.751. The van der Waals surface area contributed by atoms with E-state index in [-0.39, 0.29) is 0 Å². The van der Waals surface area contributed by atoms with Crippen molar-refractivity contribution in [3.05, 3.63) is 23.8 Å². The molecule has 16 heavy (non-hydrogen) atoms. The van der Waals surface area contributed by atoms with E-state index < -0.39 is 17.7 Å². The Kier molecular flexibility index (Phi) is 2.56. The van der Waals surface area contributed by atoms with Gasteiger partial charge in [0.05, 0.1) is 13.2 Å². The summed E-state index contributed by atoms with van der Waals surface area (Å²) < 4.78 is 10.9. The van der Waals surface area contributed by atoms with Crippen LogP contribution in [0.4, 0.5) is 0 Å². The van der Waals surface area contributed by atoms with Crippen LogP contribution in [-0.2, 0) is 0 Å². The second-order valence-corrected chi connectivity index (χ2v) is 4.58. The fourth-order valence-electron chi connectivity index (χ4n) is 1.90. The van der Waals surface area contributed by atoms with Crippen LogP contribution in [0.25, 0.3) is 0 Å². The van der Waals surface area contributed by atoms with Gasteiger partial charge in [-0.05, 0) is 26.0 Å². The van der Waals surface area contributed by atoms with Crippen LogP contribution < -0.4 is 15.2 Å². The summed E-state index contributed by atoms with van der Waals surface area (Å²) in [7, 11) is 1.60. The van der Waals surface area contributed by atoms with Gasteiger partial charge in [0.1, 0.15) is 23.2 Å². The summed E-state index contributed by atoms with van der Waals surface area (Å²) in [5, 5.41) is 10.1. The minimum atomic E-state index is -0.704. The molecule has 2 rings (SSSR count). The van der Waals surface area contributed by atoms with E-state index in [1.54, 1.807) is 25.3 Å². The van der Waals surface area contributed by atoms with E-state index in [4.69, 9.17) is 15.2 Å². The number of rotatable bonds is 1. The first-order valence-corrected chi connectivity index (χ1v) is 5.26. The van der Waals surface area contributed by atoms with E-state index in [9.17, 15) is 5.11 Å². The van der Waals surface area contributed by atoms with E-state index in [1.807, 2.05) is 13.8 Å². The van der Waals surface area contributed by atoms with Crippen molar-refractivity contribution in [2.24, 2.45) is 5.73 Å². The highest BCUT2D eigenvalue weighted by atomic mass is 16.5. The van der Waals surface area contributed by atoms with Crippen molar-refractivity contribution >= 4 is 0 Å². The standard InChI is InChI=1S/C12H17NO3/c1-12(2)11(13)10(14)8-5-4-7(15-3)6-9(8)16-12/h4-6,10-11,14H,13H2,1-3H3. The van der Waals surface area contributed by atoms with Crippen molar-refractivity contribution in [2.45, 2.75) is 31.6 Å². The molecule has 0 spiro atoms. The maximum atomic E-state index is 10.1.